The van der Waals surface area contributed by atoms with Crippen molar-refractivity contribution in [2.45, 2.75) is 26.7 Å². The molecule has 3 nitrogen and oxygen atoms in total. The van der Waals surface area contributed by atoms with Crippen molar-refractivity contribution in [1.82, 2.24) is 0 Å². The molecular formula is C14H19N3. The fourth-order valence-corrected chi connectivity index (χ4v) is 2.18. The third kappa shape index (κ3) is 2.36. The van der Waals surface area contributed by atoms with Crippen LogP contribution in [0.5, 0.6) is 0 Å². The van der Waals surface area contributed by atoms with Gasteiger partial charge in [-0.1, -0.05) is 13.8 Å². The van der Waals surface area contributed by atoms with Crippen LogP contribution in [0.3, 0.4) is 0 Å². The number of nitrogen functional groups attached to an aromatic ring is 1. The third-order valence-electron chi connectivity index (χ3n) is 3.93. The summed E-state index contributed by atoms with van der Waals surface area (Å²) in [6, 6.07) is 7.50. The van der Waals surface area contributed by atoms with Crippen LogP contribution in [-0.4, -0.2) is 6.54 Å². The number of nitrogens with zero attached hydrogens (tertiary/aromatic N) is 1. The zero-order valence-electron chi connectivity index (χ0n) is 10.5. The molecule has 0 spiro atoms. The smallest absolute Gasteiger partial charge is 0.0992 e. The molecule has 1 aromatic carbocycles. The molecule has 1 saturated carbocycles. The Kier molecular flexibility index (Phi) is 2.97. The fourth-order valence-electron chi connectivity index (χ4n) is 2.18. The Morgan fingerprint density at radius 2 is 2.18 bits per heavy atom. The van der Waals surface area contributed by atoms with Crippen molar-refractivity contribution in [2.24, 2.45) is 11.3 Å². The summed E-state index contributed by atoms with van der Waals surface area (Å²) in [5.41, 5.74) is 8.57. The van der Waals surface area contributed by atoms with Crippen LogP contribution in [0.15, 0.2) is 18.2 Å². The Balaban J connectivity index is 2.03. The Labute approximate surface area is 103 Å². The van der Waals surface area contributed by atoms with Crippen LogP contribution in [0.4, 0.5) is 11.4 Å². The number of nitrogens with one attached hydrogen (secondary N) is 1. The van der Waals surface area contributed by atoms with E-state index in [1.165, 1.54) is 12.8 Å². The highest BCUT2D eigenvalue weighted by Gasteiger charge is 2.44. The van der Waals surface area contributed by atoms with E-state index < -0.39 is 0 Å². The SMILES string of the molecule is CC(C)C1(CNc2ccc(C#N)cc2N)CC1. The molecule has 17 heavy (non-hydrogen) atoms. The van der Waals surface area contributed by atoms with E-state index in [4.69, 9.17) is 11.0 Å². The van der Waals surface area contributed by atoms with Crippen molar-refractivity contribution in [3.05, 3.63) is 23.8 Å². The van der Waals surface area contributed by atoms with Gasteiger partial charge in [0, 0.05) is 6.54 Å². The molecule has 0 aromatic heterocycles. The first-order chi connectivity index (χ1) is 8.07. The molecule has 1 fully saturated rings. The van der Waals surface area contributed by atoms with Gasteiger partial charge in [0.2, 0.25) is 0 Å². The van der Waals surface area contributed by atoms with E-state index in [2.05, 4.69) is 25.2 Å². The Morgan fingerprint density at radius 3 is 2.65 bits per heavy atom. The van der Waals surface area contributed by atoms with Gasteiger partial charge in [-0.05, 0) is 42.4 Å². The second-order valence-electron chi connectivity index (χ2n) is 5.28. The van der Waals surface area contributed by atoms with E-state index >= 15 is 0 Å². The summed E-state index contributed by atoms with van der Waals surface area (Å²) in [4.78, 5) is 0. The standard InChI is InChI=1S/C14H19N3/c1-10(2)14(5-6-14)9-17-13-4-3-11(8-15)7-12(13)16/h3-4,7,10,17H,5-6,9,16H2,1-2H3. The number of hydrogen-bond acceptors (Lipinski definition) is 3. The lowest BCUT2D eigenvalue weighted by molar-refractivity contribution is 0.380. The molecule has 0 atom stereocenters. The number of benzene rings is 1. The maximum atomic E-state index is 8.77. The molecule has 90 valence electrons. The first-order valence-corrected chi connectivity index (χ1v) is 6.11. The molecular weight excluding hydrogens is 210 g/mol. The molecule has 0 aliphatic heterocycles. The van der Waals surface area contributed by atoms with E-state index in [1.807, 2.05) is 6.07 Å². The molecule has 0 heterocycles. The maximum Gasteiger partial charge on any atom is 0.0992 e. The van der Waals surface area contributed by atoms with Crippen molar-refractivity contribution in [3.63, 3.8) is 0 Å². The van der Waals surface area contributed by atoms with Crippen LogP contribution in [0.1, 0.15) is 32.3 Å². The van der Waals surface area contributed by atoms with Gasteiger partial charge >= 0.3 is 0 Å². The zero-order valence-corrected chi connectivity index (χ0v) is 10.5. The van der Waals surface area contributed by atoms with E-state index in [9.17, 15) is 0 Å². The largest absolute Gasteiger partial charge is 0.397 e. The highest BCUT2D eigenvalue weighted by molar-refractivity contribution is 5.68. The minimum absolute atomic E-state index is 0.459. The van der Waals surface area contributed by atoms with Gasteiger partial charge in [0.25, 0.3) is 0 Å². The van der Waals surface area contributed by atoms with Crippen LogP contribution in [0.2, 0.25) is 0 Å². The topological polar surface area (TPSA) is 61.8 Å². The van der Waals surface area contributed by atoms with E-state index in [0.717, 1.165) is 12.2 Å². The van der Waals surface area contributed by atoms with Gasteiger partial charge in [0.05, 0.1) is 23.0 Å². The molecule has 0 radical (unpaired) electrons. The molecule has 3 N–H and O–H groups in total. The highest BCUT2D eigenvalue weighted by Crippen LogP contribution is 2.51. The van der Waals surface area contributed by atoms with Crippen molar-refractivity contribution >= 4 is 11.4 Å². The van der Waals surface area contributed by atoms with Gasteiger partial charge in [0.1, 0.15) is 0 Å². The zero-order chi connectivity index (χ0) is 12.5. The average molecular weight is 229 g/mol. The summed E-state index contributed by atoms with van der Waals surface area (Å²) in [7, 11) is 0. The Hall–Kier alpha value is -1.69. The number of rotatable bonds is 4. The normalized spacial score (nSPS) is 16.6. The first-order valence-electron chi connectivity index (χ1n) is 6.11. The van der Waals surface area contributed by atoms with E-state index in [-0.39, 0.29) is 0 Å². The van der Waals surface area contributed by atoms with Gasteiger partial charge in [-0.2, -0.15) is 5.26 Å². The Morgan fingerprint density at radius 1 is 1.47 bits per heavy atom. The van der Waals surface area contributed by atoms with Crippen LogP contribution < -0.4 is 11.1 Å². The predicted octanol–water partition coefficient (Wildman–Crippen LogP) is 2.99. The van der Waals surface area contributed by atoms with Gasteiger partial charge < -0.3 is 11.1 Å². The number of nitriles is 1. The van der Waals surface area contributed by atoms with Crippen LogP contribution in [0.25, 0.3) is 0 Å². The van der Waals surface area contributed by atoms with Gasteiger partial charge in [0.15, 0.2) is 0 Å². The van der Waals surface area contributed by atoms with Crippen molar-refractivity contribution in [1.29, 1.82) is 5.26 Å². The number of hydrogen-bond donors (Lipinski definition) is 2. The minimum atomic E-state index is 0.459. The minimum Gasteiger partial charge on any atom is -0.397 e. The quantitative estimate of drug-likeness (QED) is 0.780. The lowest BCUT2D eigenvalue weighted by atomic mass is 9.92. The summed E-state index contributed by atoms with van der Waals surface area (Å²) in [5, 5.41) is 12.2. The average Bonchev–Trinajstić information content (AvgIpc) is 3.08. The summed E-state index contributed by atoms with van der Waals surface area (Å²) in [6.45, 7) is 5.52. The molecule has 1 aliphatic rings. The molecule has 0 saturated heterocycles. The van der Waals surface area contributed by atoms with E-state index in [1.54, 1.807) is 12.1 Å². The monoisotopic (exact) mass is 229 g/mol. The lowest BCUT2D eigenvalue weighted by Gasteiger charge is -2.21. The summed E-state index contributed by atoms with van der Waals surface area (Å²) >= 11 is 0. The van der Waals surface area contributed by atoms with Crippen LogP contribution in [-0.2, 0) is 0 Å². The van der Waals surface area contributed by atoms with Crippen molar-refractivity contribution in [3.8, 4) is 6.07 Å². The van der Waals surface area contributed by atoms with Gasteiger partial charge in [-0.25, -0.2) is 0 Å². The second kappa shape index (κ2) is 4.29. The molecule has 2 rings (SSSR count). The molecule has 3 heteroatoms. The molecule has 1 aromatic rings. The first kappa shape index (κ1) is 11.8. The molecule has 0 unspecified atom stereocenters. The van der Waals surface area contributed by atoms with E-state index in [0.29, 0.717) is 22.6 Å². The van der Waals surface area contributed by atoms with Gasteiger partial charge in [-0.15, -0.1) is 0 Å². The molecule has 0 bridgehead atoms. The molecule has 1 aliphatic carbocycles. The summed E-state index contributed by atoms with van der Waals surface area (Å²) in [5.74, 6) is 0.703. The summed E-state index contributed by atoms with van der Waals surface area (Å²) < 4.78 is 0. The second-order valence-corrected chi connectivity index (χ2v) is 5.28. The fraction of sp³-hybridized carbons (Fsp3) is 0.500. The predicted molar refractivity (Wildman–Crippen MR) is 70.6 cm³/mol. The number of nitrogens with two attached hydrogens (primary N) is 1. The van der Waals surface area contributed by atoms with Crippen LogP contribution in [0, 0.1) is 22.7 Å². The summed E-state index contributed by atoms with van der Waals surface area (Å²) in [6.07, 6.45) is 2.60. The lowest BCUT2D eigenvalue weighted by Crippen LogP contribution is -2.21. The van der Waals surface area contributed by atoms with Crippen LogP contribution >= 0.6 is 0 Å². The highest BCUT2D eigenvalue weighted by atomic mass is 14.9. The van der Waals surface area contributed by atoms with Gasteiger partial charge in [-0.3, -0.25) is 0 Å². The van der Waals surface area contributed by atoms with Crippen molar-refractivity contribution < 1.29 is 0 Å². The Bertz CT molecular complexity index is 453. The maximum absolute atomic E-state index is 8.77. The van der Waals surface area contributed by atoms with Crippen molar-refractivity contribution in [2.75, 3.05) is 17.6 Å². The molecule has 0 amide bonds. The number of anilines is 2. The third-order valence-corrected chi connectivity index (χ3v) is 3.93.